The lowest BCUT2D eigenvalue weighted by atomic mass is 9.96. The lowest BCUT2D eigenvalue weighted by Crippen LogP contribution is -2.64. The number of hydrogen-bond acceptors (Lipinski definition) is 2. The van der Waals surface area contributed by atoms with Crippen molar-refractivity contribution in [1.29, 1.82) is 0 Å². The van der Waals surface area contributed by atoms with Crippen LogP contribution < -0.4 is 5.73 Å². The zero-order valence-electron chi connectivity index (χ0n) is 6.92. The second-order valence-corrected chi connectivity index (χ2v) is 3.82. The summed E-state index contributed by atoms with van der Waals surface area (Å²) in [4.78, 5) is 12.9. The molecule has 0 unspecified atom stereocenters. The molecular formula is C8H13FN2O. The molecule has 0 aromatic rings. The maximum absolute atomic E-state index is 13.2. The highest BCUT2D eigenvalue weighted by Crippen LogP contribution is 2.35. The predicted molar refractivity (Wildman–Crippen MR) is 42.2 cm³/mol. The first kappa shape index (κ1) is 7.98. The number of carbonyl (C=O) groups excluding carboxylic acids is 1. The molecule has 2 rings (SSSR count). The molecule has 0 atom stereocenters. The van der Waals surface area contributed by atoms with Crippen LogP contribution in [0.2, 0.25) is 0 Å². The predicted octanol–water partition coefficient (Wildman–Crippen LogP) is -0.0944. The minimum absolute atomic E-state index is 0.0292. The molecule has 1 saturated carbocycles. The third kappa shape index (κ3) is 1.20. The summed E-state index contributed by atoms with van der Waals surface area (Å²) in [5.74, 6) is 0.323. The number of nitrogens with zero attached hydrogens (tertiary/aromatic N) is 1. The molecule has 0 aromatic heterocycles. The van der Waals surface area contributed by atoms with E-state index in [1.165, 1.54) is 0 Å². The first-order valence-electron chi connectivity index (χ1n) is 4.32. The molecule has 0 aromatic carbocycles. The van der Waals surface area contributed by atoms with E-state index in [0.29, 0.717) is 0 Å². The Morgan fingerprint density at radius 2 is 2.17 bits per heavy atom. The van der Waals surface area contributed by atoms with Gasteiger partial charge in [-0.15, -0.1) is 0 Å². The molecule has 0 radical (unpaired) electrons. The zero-order chi connectivity index (χ0) is 8.77. The highest BCUT2D eigenvalue weighted by Gasteiger charge is 2.47. The number of nitrogens with two attached hydrogens (primary N) is 1. The molecule has 1 heterocycles. The molecule has 2 aliphatic rings. The molecule has 4 heteroatoms. The smallest absolute Gasteiger partial charge is 0.225 e. The summed E-state index contributed by atoms with van der Waals surface area (Å²) < 4.78 is 13.2. The van der Waals surface area contributed by atoms with E-state index in [1.807, 2.05) is 0 Å². The molecule has 12 heavy (non-hydrogen) atoms. The molecule has 3 nitrogen and oxygen atoms in total. The van der Waals surface area contributed by atoms with Gasteiger partial charge in [0.25, 0.3) is 0 Å². The van der Waals surface area contributed by atoms with Crippen molar-refractivity contribution in [1.82, 2.24) is 4.90 Å². The van der Waals surface area contributed by atoms with Crippen LogP contribution in [0.1, 0.15) is 12.8 Å². The molecule has 1 amide bonds. The van der Waals surface area contributed by atoms with Gasteiger partial charge in [-0.1, -0.05) is 0 Å². The summed E-state index contributed by atoms with van der Waals surface area (Å²) in [6.07, 6.45) is 1.97. The number of rotatable bonds is 2. The highest BCUT2D eigenvalue weighted by atomic mass is 19.1. The van der Waals surface area contributed by atoms with E-state index >= 15 is 0 Å². The third-order valence-corrected chi connectivity index (χ3v) is 2.55. The van der Waals surface area contributed by atoms with Gasteiger partial charge < -0.3 is 10.6 Å². The Morgan fingerprint density at radius 1 is 1.58 bits per heavy atom. The van der Waals surface area contributed by atoms with Crippen molar-refractivity contribution in [2.45, 2.75) is 18.5 Å². The van der Waals surface area contributed by atoms with E-state index in [0.717, 1.165) is 12.8 Å². The van der Waals surface area contributed by atoms with Crippen molar-refractivity contribution in [3.8, 4) is 0 Å². The molecule has 1 aliphatic carbocycles. The number of hydrogen-bond donors (Lipinski definition) is 1. The van der Waals surface area contributed by atoms with Crippen molar-refractivity contribution < 1.29 is 9.18 Å². The van der Waals surface area contributed by atoms with E-state index in [2.05, 4.69) is 0 Å². The van der Waals surface area contributed by atoms with Crippen molar-refractivity contribution >= 4 is 5.91 Å². The van der Waals surface area contributed by atoms with Crippen LogP contribution in [0.5, 0.6) is 0 Å². The number of carbonyl (C=O) groups is 1. The Bertz CT molecular complexity index is 209. The maximum Gasteiger partial charge on any atom is 0.225 e. The molecular weight excluding hydrogens is 159 g/mol. The van der Waals surface area contributed by atoms with Gasteiger partial charge in [0.2, 0.25) is 5.91 Å². The van der Waals surface area contributed by atoms with E-state index in [-0.39, 0.29) is 31.5 Å². The van der Waals surface area contributed by atoms with Gasteiger partial charge >= 0.3 is 0 Å². The first-order valence-corrected chi connectivity index (χ1v) is 4.32. The monoisotopic (exact) mass is 172 g/mol. The summed E-state index contributed by atoms with van der Waals surface area (Å²) >= 11 is 0. The molecule has 0 spiro atoms. The van der Waals surface area contributed by atoms with Crippen molar-refractivity contribution in [2.75, 3.05) is 19.6 Å². The van der Waals surface area contributed by atoms with Crippen molar-refractivity contribution in [3.05, 3.63) is 0 Å². The van der Waals surface area contributed by atoms with Gasteiger partial charge in [0.1, 0.15) is 0 Å². The fraction of sp³-hybridized carbons (Fsp3) is 0.875. The standard InChI is InChI=1S/C8H13FN2O/c9-8(3-10)4-11(5-8)7(12)6-1-2-6/h6H,1-5,10H2. The maximum atomic E-state index is 13.2. The number of halogens is 1. The summed E-state index contributed by atoms with van der Waals surface area (Å²) in [6, 6.07) is 0. The van der Waals surface area contributed by atoms with Gasteiger partial charge in [0, 0.05) is 12.5 Å². The van der Waals surface area contributed by atoms with Crippen molar-refractivity contribution in [2.24, 2.45) is 11.7 Å². The van der Waals surface area contributed by atoms with Crippen LogP contribution in [0.4, 0.5) is 4.39 Å². The van der Waals surface area contributed by atoms with Gasteiger partial charge in [-0.2, -0.15) is 0 Å². The average Bonchev–Trinajstić information content (AvgIpc) is 2.79. The number of amides is 1. The topological polar surface area (TPSA) is 46.3 Å². The van der Waals surface area contributed by atoms with Crippen LogP contribution in [-0.4, -0.2) is 36.1 Å². The Hall–Kier alpha value is -0.640. The van der Waals surface area contributed by atoms with E-state index in [4.69, 9.17) is 5.73 Å². The molecule has 1 saturated heterocycles. The fourth-order valence-corrected chi connectivity index (χ4v) is 1.51. The van der Waals surface area contributed by atoms with Crippen LogP contribution in [0, 0.1) is 5.92 Å². The van der Waals surface area contributed by atoms with Crippen LogP contribution in [-0.2, 0) is 4.79 Å². The number of alkyl halides is 1. The second-order valence-electron chi connectivity index (χ2n) is 3.82. The quantitative estimate of drug-likeness (QED) is 0.632. The molecule has 2 N–H and O–H groups in total. The van der Waals surface area contributed by atoms with Crippen LogP contribution in [0.3, 0.4) is 0 Å². The molecule has 1 aliphatic heterocycles. The molecule has 68 valence electrons. The Balaban J connectivity index is 1.83. The van der Waals surface area contributed by atoms with E-state index < -0.39 is 5.67 Å². The average molecular weight is 172 g/mol. The second kappa shape index (κ2) is 2.42. The summed E-state index contributed by atoms with van der Waals surface area (Å²) in [7, 11) is 0. The fourth-order valence-electron chi connectivity index (χ4n) is 1.51. The van der Waals surface area contributed by atoms with E-state index in [9.17, 15) is 9.18 Å². The third-order valence-electron chi connectivity index (χ3n) is 2.55. The zero-order valence-corrected chi connectivity index (χ0v) is 6.92. The molecule has 0 bridgehead atoms. The SMILES string of the molecule is NCC1(F)CN(C(=O)C2CC2)C1. The van der Waals surface area contributed by atoms with Gasteiger partial charge in [-0.05, 0) is 12.8 Å². The van der Waals surface area contributed by atoms with Gasteiger partial charge in [0.15, 0.2) is 5.67 Å². The van der Waals surface area contributed by atoms with Gasteiger partial charge in [-0.3, -0.25) is 4.79 Å². The summed E-state index contributed by atoms with van der Waals surface area (Å²) in [6.45, 7) is 0.444. The first-order chi connectivity index (χ1) is 5.64. The highest BCUT2D eigenvalue weighted by molar-refractivity contribution is 5.82. The number of likely N-dealkylation sites (tertiary alicyclic amines) is 1. The summed E-state index contributed by atoms with van der Waals surface area (Å²) in [5, 5.41) is 0. The summed E-state index contributed by atoms with van der Waals surface area (Å²) in [5.41, 5.74) is 3.92. The minimum atomic E-state index is -1.29. The lowest BCUT2D eigenvalue weighted by molar-refractivity contribution is -0.146. The molecule has 2 fully saturated rings. The van der Waals surface area contributed by atoms with Crippen LogP contribution in [0.25, 0.3) is 0 Å². The Kier molecular flexibility index (Phi) is 1.61. The Labute approximate surface area is 70.7 Å². The van der Waals surface area contributed by atoms with Gasteiger partial charge in [0.05, 0.1) is 13.1 Å². The van der Waals surface area contributed by atoms with Crippen LogP contribution >= 0.6 is 0 Å². The normalized spacial score (nSPS) is 26.7. The van der Waals surface area contributed by atoms with Gasteiger partial charge in [-0.25, -0.2) is 4.39 Å². The minimum Gasteiger partial charge on any atom is -0.336 e. The van der Waals surface area contributed by atoms with Crippen LogP contribution in [0.15, 0.2) is 0 Å². The van der Waals surface area contributed by atoms with Crippen molar-refractivity contribution in [3.63, 3.8) is 0 Å². The lowest BCUT2D eigenvalue weighted by Gasteiger charge is -2.43. The van der Waals surface area contributed by atoms with E-state index in [1.54, 1.807) is 4.90 Å². The largest absolute Gasteiger partial charge is 0.336 e. The Morgan fingerprint density at radius 3 is 2.58 bits per heavy atom.